The van der Waals surface area contributed by atoms with E-state index in [-0.39, 0.29) is 23.5 Å². The number of halogens is 3. The second-order valence-electron chi connectivity index (χ2n) is 9.35. The number of hydrogen-bond acceptors (Lipinski definition) is 5. The molecule has 12 heteroatoms. The first kappa shape index (κ1) is 25.3. The lowest BCUT2D eigenvalue weighted by molar-refractivity contribution is 0.00578. The molecule has 0 aromatic heterocycles. The average molecular weight is 529 g/mol. The molecule has 2 aromatic rings. The molecule has 2 aromatic carbocycles. The van der Waals surface area contributed by atoms with Crippen molar-refractivity contribution in [2.24, 2.45) is 0 Å². The van der Waals surface area contributed by atoms with Gasteiger partial charge in [-0.3, -0.25) is 9.10 Å². The van der Waals surface area contributed by atoms with E-state index in [9.17, 15) is 17.6 Å². The first-order valence-electron chi connectivity index (χ1n) is 10.7. The summed E-state index contributed by atoms with van der Waals surface area (Å²) >= 11 is 12.3. The van der Waals surface area contributed by atoms with Gasteiger partial charge in [0.15, 0.2) is 0 Å². The van der Waals surface area contributed by atoms with Crippen LogP contribution in [0.25, 0.3) is 0 Å². The summed E-state index contributed by atoms with van der Waals surface area (Å²) < 4.78 is 52.2. The summed E-state index contributed by atoms with van der Waals surface area (Å²) in [6.45, 7) is 7.89. The summed E-state index contributed by atoms with van der Waals surface area (Å²) in [6, 6.07) is 7.12. The van der Waals surface area contributed by atoms with Gasteiger partial charge in [0, 0.05) is 17.3 Å². The Kier molecular flexibility index (Phi) is 6.44. The van der Waals surface area contributed by atoms with Gasteiger partial charge < -0.3 is 14.6 Å². The Hall–Kier alpha value is -1.85. The second kappa shape index (κ2) is 8.67. The highest BCUT2D eigenvalue weighted by Gasteiger charge is 2.51. The van der Waals surface area contributed by atoms with Crippen LogP contribution in [-0.2, 0) is 19.3 Å². The number of benzene rings is 2. The number of anilines is 2. The lowest BCUT2D eigenvalue weighted by atomic mass is 9.79. The number of sulfonamides is 1. The highest BCUT2D eigenvalue weighted by Crippen LogP contribution is 2.37. The summed E-state index contributed by atoms with van der Waals surface area (Å²) in [4.78, 5) is 13.0. The van der Waals surface area contributed by atoms with Gasteiger partial charge >= 0.3 is 7.12 Å². The van der Waals surface area contributed by atoms with E-state index in [0.29, 0.717) is 22.6 Å². The van der Waals surface area contributed by atoms with E-state index in [1.54, 1.807) is 12.1 Å². The minimum Gasteiger partial charge on any atom is -0.399 e. The molecular weight excluding hydrogens is 505 g/mol. The highest BCUT2D eigenvalue weighted by atomic mass is 35.5. The van der Waals surface area contributed by atoms with Crippen LogP contribution in [0.3, 0.4) is 0 Å². The number of hydrogen-bond donors (Lipinski definition) is 1. The van der Waals surface area contributed by atoms with Gasteiger partial charge in [0.05, 0.1) is 33.2 Å². The van der Waals surface area contributed by atoms with Crippen LogP contribution in [0.5, 0.6) is 0 Å². The van der Waals surface area contributed by atoms with Gasteiger partial charge in [-0.15, -0.1) is 0 Å². The maximum Gasteiger partial charge on any atom is 0.494 e. The van der Waals surface area contributed by atoms with E-state index in [1.807, 2.05) is 27.7 Å². The fraction of sp³-hybridized carbons (Fsp3) is 0.409. The van der Waals surface area contributed by atoms with Crippen molar-refractivity contribution >= 4 is 63.1 Å². The molecule has 2 heterocycles. The van der Waals surface area contributed by atoms with Gasteiger partial charge in [0.1, 0.15) is 5.82 Å². The smallest absolute Gasteiger partial charge is 0.399 e. The number of carbonyl (C=O) groups is 1. The van der Waals surface area contributed by atoms with Gasteiger partial charge in [0.2, 0.25) is 10.0 Å². The van der Waals surface area contributed by atoms with Gasteiger partial charge in [-0.1, -0.05) is 23.2 Å². The van der Waals surface area contributed by atoms with E-state index in [0.717, 1.165) is 10.4 Å². The molecule has 0 aliphatic carbocycles. The molecule has 2 aliphatic rings. The molecule has 4 rings (SSSR count). The molecule has 0 radical (unpaired) electrons. The SMILES string of the molecule is CC1(C)OB(c2cc(Cl)cc(NC(=O)c3cc(N4CCCS4(=O)=O)cc(F)c3Cl)c2)OC1(C)C. The maximum atomic E-state index is 14.5. The Balaban J connectivity index is 1.63. The van der Waals surface area contributed by atoms with E-state index >= 15 is 0 Å². The Morgan fingerprint density at radius 2 is 1.74 bits per heavy atom. The third-order valence-corrected chi connectivity index (χ3v) is 8.82. The van der Waals surface area contributed by atoms with Gasteiger partial charge in [-0.2, -0.15) is 0 Å². The summed E-state index contributed by atoms with van der Waals surface area (Å²) in [5.41, 5.74) is -0.367. The zero-order valence-corrected chi connectivity index (χ0v) is 21.4. The van der Waals surface area contributed by atoms with Crippen LogP contribution in [-0.4, -0.2) is 44.9 Å². The monoisotopic (exact) mass is 528 g/mol. The Morgan fingerprint density at radius 1 is 1.09 bits per heavy atom. The van der Waals surface area contributed by atoms with Crippen LogP contribution in [0.1, 0.15) is 44.5 Å². The number of rotatable bonds is 4. The molecule has 0 spiro atoms. The van der Waals surface area contributed by atoms with E-state index in [2.05, 4.69) is 5.32 Å². The van der Waals surface area contributed by atoms with E-state index in [4.69, 9.17) is 32.5 Å². The zero-order chi connectivity index (χ0) is 25.1. The molecule has 0 atom stereocenters. The molecule has 2 aliphatic heterocycles. The normalized spacial score (nSPS) is 20.6. The minimum atomic E-state index is -3.56. The van der Waals surface area contributed by atoms with Crippen molar-refractivity contribution in [3.63, 3.8) is 0 Å². The minimum absolute atomic E-state index is 0.0387. The Labute approximate surface area is 208 Å². The van der Waals surface area contributed by atoms with Crippen LogP contribution in [0, 0.1) is 5.82 Å². The van der Waals surface area contributed by atoms with Crippen LogP contribution in [0.4, 0.5) is 15.8 Å². The Morgan fingerprint density at radius 3 is 2.32 bits per heavy atom. The molecule has 7 nitrogen and oxygen atoms in total. The molecular formula is C22H24BCl2FN2O5S. The van der Waals surface area contributed by atoms with Gasteiger partial charge in [0.25, 0.3) is 5.91 Å². The summed E-state index contributed by atoms with van der Waals surface area (Å²) in [5, 5.41) is 2.58. The number of carbonyl (C=O) groups excluding carboxylic acids is 1. The van der Waals surface area contributed by atoms with Crippen LogP contribution in [0.15, 0.2) is 30.3 Å². The van der Waals surface area contributed by atoms with Crippen molar-refractivity contribution < 1.29 is 26.9 Å². The first-order chi connectivity index (χ1) is 15.7. The number of amides is 1. The zero-order valence-electron chi connectivity index (χ0n) is 19.1. The van der Waals surface area contributed by atoms with Crippen LogP contribution in [0.2, 0.25) is 10.0 Å². The third-order valence-electron chi connectivity index (χ3n) is 6.35. The quantitative estimate of drug-likeness (QED) is 0.600. The maximum absolute atomic E-state index is 14.5. The van der Waals surface area contributed by atoms with Crippen molar-refractivity contribution in [2.45, 2.75) is 45.3 Å². The first-order valence-corrected chi connectivity index (χ1v) is 13.0. The lowest BCUT2D eigenvalue weighted by Gasteiger charge is -2.32. The molecule has 0 saturated carbocycles. The van der Waals surface area contributed by atoms with Crippen molar-refractivity contribution in [1.29, 1.82) is 0 Å². The molecule has 0 bridgehead atoms. The standard InChI is InChI=1S/C22H24BCl2FN2O5S/c1-21(2)22(3,4)33-23(32-21)13-8-14(24)10-15(9-13)27-20(29)17-11-16(12-18(26)19(17)25)28-6-5-7-34(28,30)31/h8-12H,5-7H2,1-4H3,(H,27,29). The van der Waals surface area contributed by atoms with Crippen molar-refractivity contribution in [3.05, 3.63) is 51.8 Å². The van der Waals surface area contributed by atoms with E-state index in [1.165, 1.54) is 12.1 Å². The van der Waals surface area contributed by atoms with Crippen molar-refractivity contribution in [1.82, 2.24) is 0 Å². The molecule has 34 heavy (non-hydrogen) atoms. The predicted molar refractivity (Wildman–Crippen MR) is 132 cm³/mol. The van der Waals surface area contributed by atoms with Gasteiger partial charge in [-0.05, 0) is 69.9 Å². The van der Waals surface area contributed by atoms with Gasteiger partial charge in [-0.25, -0.2) is 12.8 Å². The molecule has 1 amide bonds. The molecule has 2 saturated heterocycles. The molecule has 182 valence electrons. The molecule has 2 fully saturated rings. The Bertz CT molecular complexity index is 1260. The second-order valence-corrected chi connectivity index (χ2v) is 12.2. The highest BCUT2D eigenvalue weighted by molar-refractivity contribution is 7.93. The fourth-order valence-corrected chi connectivity index (χ4v) is 5.80. The summed E-state index contributed by atoms with van der Waals surface area (Å²) in [7, 11) is -4.27. The predicted octanol–water partition coefficient (Wildman–Crippen LogP) is 4.22. The summed E-state index contributed by atoms with van der Waals surface area (Å²) in [6.07, 6.45) is 0.415. The fourth-order valence-electron chi connectivity index (χ4n) is 3.81. The molecule has 0 unspecified atom stereocenters. The lowest BCUT2D eigenvalue weighted by Crippen LogP contribution is -2.41. The number of nitrogens with one attached hydrogen (secondary N) is 1. The average Bonchev–Trinajstić information content (AvgIpc) is 3.17. The summed E-state index contributed by atoms with van der Waals surface area (Å²) in [5.74, 6) is -1.65. The van der Waals surface area contributed by atoms with Crippen LogP contribution >= 0.6 is 23.2 Å². The largest absolute Gasteiger partial charge is 0.494 e. The van der Waals surface area contributed by atoms with E-state index < -0.39 is 45.1 Å². The van der Waals surface area contributed by atoms with Crippen molar-refractivity contribution in [3.8, 4) is 0 Å². The third kappa shape index (κ3) is 4.66. The topological polar surface area (TPSA) is 84.9 Å². The molecule has 1 N–H and O–H groups in total. The number of nitrogens with zero attached hydrogens (tertiary/aromatic N) is 1. The van der Waals surface area contributed by atoms with Crippen LogP contribution < -0.4 is 15.1 Å². The van der Waals surface area contributed by atoms with Crippen molar-refractivity contribution in [2.75, 3.05) is 21.9 Å².